The monoisotopic (exact) mass is 374 g/mol. The first-order valence-electron chi connectivity index (χ1n) is 5.43. The first-order chi connectivity index (χ1) is 9.47. The van der Waals surface area contributed by atoms with Gasteiger partial charge in [0.2, 0.25) is 0 Å². The fourth-order valence-electron chi connectivity index (χ4n) is 1.51. The Bertz CT molecular complexity index is 674. The molecule has 0 spiro atoms. The van der Waals surface area contributed by atoms with Gasteiger partial charge in [0.05, 0.1) is 15.3 Å². The third kappa shape index (κ3) is 3.56. The molecule has 0 aliphatic rings. The summed E-state index contributed by atoms with van der Waals surface area (Å²) in [4.78, 5) is 23.0. The molecule has 5 nitrogen and oxygen atoms in total. The lowest BCUT2D eigenvalue weighted by atomic mass is 10.2. The standard InChI is InChI=1S/C12H8BrClN2O3S/c13-11-4-2-8(20-11)6-15-12(17)7-1-3-10(16(18)19)9(14)5-7/h1-5H,6H2,(H,15,17). The van der Waals surface area contributed by atoms with Gasteiger partial charge in [-0.25, -0.2) is 0 Å². The topological polar surface area (TPSA) is 72.2 Å². The molecule has 0 radical (unpaired) electrons. The maximum Gasteiger partial charge on any atom is 0.287 e. The summed E-state index contributed by atoms with van der Waals surface area (Å²) in [5, 5.41) is 13.3. The van der Waals surface area contributed by atoms with Gasteiger partial charge >= 0.3 is 0 Å². The minimum atomic E-state index is -0.590. The fraction of sp³-hybridized carbons (Fsp3) is 0.0833. The molecule has 104 valence electrons. The highest BCUT2D eigenvalue weighted by Gasteiger charge is 2.15. The van der Waals surface area contributed by atoms with E-state index in [1.54, 1.807) is 0 Å². The molecule has 0 atom stereocenters. The highest BCUT2D eigenvalue weighted by Crippen LogP contribution is 2.25. The Morgan fingerprint density at radius 3 is 2.70 bits per heavy atom. The van der Waals surface area contributed by atoms with Crippen molar-refractivity contribution in [3.63, 3.8) is 0 Å². The third-order valence-electron chi connectivity index (χ3n) is 2.46. The Labute approximate surface area is 131 Å². The molecular formula is C12H8BrClN2O3S. The Balaban J connectivity index is 2.06. The number of nitro benzene ring substituents is 1. The van der Waals surface area contributed by atoms with Gasteiger partial charge in [0, 0.05) is 16.5 Å². The molecule has 0 bridgehead atoms. The number of hydrogen-bond donors (Lipinski definition) is 1. The largest absolute Gasteiger partial charge is 0.347 e. The van der Waals surface area contributed by atoms with Crippen LogP contribution >= 0.6 is 38.9 Å². The average molecular weight is 376 g/mol. The molecule has 2 aromatic rings. The van der Waals surface area contributed by atoms with Crippen molar-refractivity contribution in [1.29, 1.82) is 0 Å². The molecule has 0 fully saturated rings. The first-order valence-corrected chi connectivity index (χ1v) is 7.42. The summed E-state index contributed by atoms with van der Waals surface area (Å²) in [6.07, 6.45) is 0. The van der Waals surface area contributed by atoms with Gasteiger partial charge in [-0.3, -0.25) is 14.9 Å². The van der Waals surface area contributed by atoms with Gasteiger partial charge in [-0.1, -0.05) is 11.6 Å². The number of amides is 1. The zero-order valence-electron chi connectivity index (χ0n) is 9.93. The normalized spacial score (nSPS) is 10.3. The highest BCUT2D eigenvalue weighted by atomic mass is 79.9. The van der Waals surface area contributed by atoms with Gasteiger partial charge in [0.15, 0.2) is 0 Å². The van der Waals surface area contributed by atoms with Crippen molar-refractivity contribution in [2.45, 2.75) is 6.54 Å². The number of benzene rings is 1. The first kappa shape index (κ1) is 15.0. The summed E-state index contributed by atoms with van der Waals surface area (Å²) in [6.45, 7) is 0.393. The molecule has 0 aliphatic heterocycles. The molecule has 1 aromatic carbocycles. The van der Waals surface area contributed by atoms with E-state index in [0.29, 0.717) is 6.54 Å². The van der Waals surface area contributed by atoms with Gasteiger partial charge in [0.1, 0.15) is 5.02 Å². The molecule has 0 aliphatic carbocycles. The van der Waals surface area contributed by atoms with Crippen molar-refractivity contribution in [2.75, 3.05) is 0 Å². The second-order valence-electron chi connectivity index (χ2n) is 3.81. The van der Waals surface area contributed by atoms with Gasteiger partial charge < -0.3 is 5.32 Å². The molecule has 1 heterocycles. The minimum absolute atomic E-state index is 0.0541. The van der Waals surface area contributed by atoms with Crippen LogP contribution in [0.1, 0.15) is 15.2 Å². The van der Waals surface area contributed by atoms with Crippen LogP contribution in [0.3, 0.4) is 0 Å². The molecular weight excluding hydrogens is 368 g/mol. The van der Waals surface area contributed by atoms with E-state index in [4.69, 9.17) is 11.6 Å². The molecule has 0 saturated carbocycles. The van der Waals surface area contributed by atoms with E-state index < -0.39 is 4.92 Å². The van der Waals surface area contributed by atoms with Crippen molar-refractivity contribution >= 4 is 50.5 Å². The van der Waals surface area contributed by atoms with Gasteiger partial charge in [0.25, 0.3) is 11.6 Å². The summed E-state index contributed by atoms with van der Waals surface area (Å²) in [6, 6.07) is 7.69. The Morgan fingerprint density at radius 1 is 1.40 bits per heavy atom. The SMILES string of the molecule is O=C(NCc1ccc(Br)s1)c1ccc([N+](=O)[O-])c(Cl)c1. The lowest BCUT2D eigenvalue weighted by Gasteiger charge is -2.04. The van der Waals surface area contributed by atoms with Crippen LogP contribution in [-0.2, 0) is 6.54 Å². The number of carbonyl (C=O) groups is 1. The van der Waals surface area contributed by atoms with E-state index in [2.05, 4.69) is 21.2 Å². The molecule has 1 amide bonds. The number of nitro groups is 1. The summed E-state index contributed by atoms with van der Waals surface area (Å²) in [7, 11) is 0. The molecule has 8 heteroatoms. The van der Waals surface area contributed by atoms with Crippen LogP contribution in [0.5, 0.6) is 0 Å². The lowest BCUT2D eigenvalue weighted by Crippen LogP contribution is -2.22. The van der Waals surface area contributed by atoms with Gasteiger partial charge in [-0.15, -0.1) is 11.3 Å². The van der Waals surface area contributed by atoms with Crippen molar-refractivity contribution in [3.05, 3.63) is 59.7 Å². The zero-order chi connectivity index (χ0) is 14.7. The Hall–Kier alpha value is -1.44. The van der Waals surface area contributed by atoms with E-state index in [0.717, 1.165) is 8.66 Å². The van der Waals surface area contributed by atoms with E-state index in [1.807, 2.05) is 12.1 Å². The number of thiophene rings is 1. The van der Waals surface area contributed by atoms with Crippen LogP contribution in [0, 0.1) is 10.1 Å². The van der Waals surface area contributed by atoms with Crippen molar-refractivity contribution in [1.82, 2.24) is 5.32 Å². The van der Waals surface area contributed by atoms with E-state index in [9.17, 15) is 14.9 Å². The predicted octanol–water partition coefficient (Wildman–Crippen LogP) is 4.00. The van der Waals surface area contributed by atoms with Gasteiger partial charge in [-0.05, 0) is 40.2 Å². The predicted molar refractivity (Wildman–Crippen MR) is 81.3 cm³/mol. The number of nitrogens with one attached hydrogen (secondary N) is 1. The molecule has 0 saturated heterocycles. The summed E-state index contributed by atoms with van der Waals surface area (Å²) in [5.74, 6) is -0.327. The maximum absolute atomic E-state index is 11.9. The minimum Gasteiger partial charge on any atom is -0.347 e. The molecule has 1 aromatic heterocycles. The number of nitrogens with zero attached hydrogens (tertiary/aromatic N) is 1. The number of hydrogen-bond acceptors (Lipinski definition) is 4. The van der Waals surface area contributed by atoms with Gasteiger partial charge in [-0.2, -0.15) is 0 Å². The smallest absolute Gasteiger partial charge is 0.287 e. The quantitative estimate of drug-likeness (QED) is 0.648. The molecule has 0 unspecified atom stereocenters. The Kier molecular flexibility index (Phi) is 4.74. The van der Waals surface area contributed by atoms with E-state index in [1.165, 1.54) is 29.5 Å². The molecule has 2 rings (SSSR count). The molecule has 20 heavy (non-hydrogen) atoms. The second-order valence-corrected chi connectivity index (χ2v) is 6.77. The number of rotatable bonds is 4. The van der Waals surface area contributed by atoms with Crippen molar-refractivity contribution in [3.8, 4) is 0 Å². The van der Waals surface area contributed by atoms with Crippen molar-refractivity contribution in [2.24, 2.45) is 0 Å². The van der Waals surface area contributed by atoms with Crippen LogP contribution in [0.2, 0.25) is 5.02 Å². The average Bonchev–Trinajstić information content (AvgIpc) is 2.81. The summed E-state index contributed by atoms with van der Waals surface area (Å²) >= 11 is 10.6. The van der Waals surface area contributed by atoms with Crippen LogP contribution in [0.25, 0.3) is 0 Å². The zero-order valence-corrected chi connectivity index (χ0v) is 13.1. The summed E-state index contributed by atoms with van der Waals surface area (Å²) < 4.78 is 0.986. The van der Waals surface area contributed by atoms with E-state index in [-0.39, 0.29) is 22.2 Å². The van der Waals surface area contributed by atoms with Crippen LogP contribution in [-0.4, -0.2) is 10.8 Å². The number of halogens is 2. The van der Waals surface area contributed by atoms with Crippen molar-refractivity contribution < 1.29 is 9.72 Å². The van der Waals surface area contributed by atoms with E-state index >= 15 is 0 Å². The summed E-state index contributed by atoms with van der Waals surface area (Å²) in [5.41, 5.74) is 0.0709. The highest BCUT2D eigenvalue weighted by molar-refractivity contribution is 9.11. The maximum atomic E-state index is 11.9. The van der Waals surface area contributed by atoms with Crippen LogP contribution in [0.15, 0.2) is 34.1 Å². The van der Waals surface area contributed by atoms with Crippen LogP contribution < -0.4 is 5.32 Å². The molecule has 1 N–H and O–H groups in total. The number of carbonyl (C=O) groups excluding carboxylic acids is 1. The second kappa shape index (κ2) is 6.34. The Morgan fingerprint density at radius 2 is 2.15 bits per heavy atom. The third-order valence-corrected chi connectivity index (χ3v) is 4.38. The van der Waals surface area contributed by atoms with Crippen LogP contribution in [0.4, 0.5) is 5.69 Å². The lowest BCUT2D eigenvalue weighted by molar-refractivity contribution is -0.384. The fourth-order valence-corrected chi connectivity index (χ4v) is 3.18.